The molecule has 1 aromatic carbocycles. The number of aromatic nitrogens is 2. The zero-order valence-corrected chi connectivity index (χ0v) is 13.4. The van der Waals surface area contributed by atoms with Crippen LogP contribution in [-0.4, -0.2) is 15.9 Å². The summed E-state index contributed by atoms with van der Waals surface area (Å²) in [6.45, 7) is 0.931. The molecule has 0 amide bonds. The first-order valence-corrected chi connectivity index (χ1v) is 7.74. The molecule has 22 heavy (non-hydrogen) atoms. The fraction of sp³-hybridized carbons (Fsp3) is 0.188. The zero-order chi connectivity index (χ0) is 15.7. The number of pyridine rings is 1. The minimum absolute atomic E-state index is 0.396. The molecular formula is C16H16Cl2N4. The van der Waals surface area contributed by atoms with E-state index in [0.29, 0.717) is 29.6 Å². The van der Waals surface area contributed by atoms with E-state index in [1.165, 1.54) is 0 Å². The maximum Gasteiger partial charge on any atom is 0.140 e. The highest BCUT2D eigenvalue weighted by Gasteiger charge is 2.16. The Morgan fingerprint density at radius 3 is 2.59 bits per heavy atom. The van der Waals surface area contributed by atoms with Crippen LogP contribution < -0.4 is 11.5 Å². The number of nitrogens with zero attached hydrogens (tertiary/aromatic N) is 2. The Balaban J connectivity index is 2.32. The molecule has 0 aliphatic carbocycles. The van der Waals surface area contributed by atoms with Crippen LogP contribution in [0, 0.1) is 0 Å². The summed E-state index contributed by atoms with van der Waals surface area (Å²) in [6, 6.07) is 5.47. The van der Waals surface area contributed by atoms with E-state index in [0.717, 1.165) is 27.9 Å². The van der Waals surface area contributed by atoms with Crippen molar-refractivity contribution in [2.45, 2.75) is 13.0 Å². The van der Waals surface area contributed by atoms with E-state index in [9.17, 15) is 0 Å². The second kappa shape index (κ2) is 6.26. The molecule has 0 fully saturated rings. The third kappa shape index (κ3) is 2.59. The molecule has 0 atom stereocenters. The van der Waals surface area contributed by atoms with Gasteiger partial charge < -0.3 is 15.9 Å². The molecule has 2 heterocycles. The fourth-order valence-electron chi connectivity index (χ4n) is 2.75. The minimum Gasteiger partial charge on any atom is -0.330 e. The number of nitrogens with two attached hydrogens (primary N) is 2. The molecule has 4 N–H and O–H groups in total. The number of benzene rings is 1. The van der Waals surface area contributed by atoms with Crippen molar-refractivity contribution >= 4 is 28.8 Å². The molecule has 114 valence electrons. The minimum atomic E-state index is 0.396. The summed E-state index contributed by atoms with van der Waals surface area (Å²) in [5.74, 6) is 0. The van der Waals surface area contributed by atoms with Gasteiger partial charge >= 0.3 is 0 Å². The van der Waals surface area contributed by atoms with Gasteiger partial charge in [0, 0.05) is 51.9 Å². The van der Waals surface area contributed by atoms with E-state index in [2.05, 4.69) is 4.98 Å². The van der Waals surface area contributed by atoms with Crippen LogP contribution in [0.3, 0.4) is 0 Å². The molecule has 0 spiro atoms. The van der Waals surface area contributed by atoms with Crippen LogP contribution in [-0.2, 0) is 13.0 Å². The lowest BCUT2D eigenvalue weighted by Crippen LogP contribution is -2.12. The van der Waals surface area contributed by atoms with Gasteiger partial charge in [0.1, 0.15) is 5.65 Å². The van der Waals surface area contributed by atoms with E-state index in [-0.39, 0.29) is 0 Å². The molecule has 0 aliphatic rings. The van der Waals surface area contributed by atoms with Gasteiger partial charge in [0.25, 0.3) is 0 Å². The molecule has 6 heteroatoms. The van der Waals surface area contributed by atoms with Gasteiger partial charge in [-0.2, -0.15) is 0 Å². The molecule has 0 bridgehead atoms. The van der Waals surface area contributed by atoms with Crippen LogP contribution in [0.1, 0.15) is 11.1 Å². The van der Waals surface area contributed by atoms with E-state index in [1.807, 2.05) is 28.9 Å². The average molecular weight is 335 g/mol. The molecule has 0 radical (unpaired) electrons. The molecule has 0 unspecified atom stereocenters. The number of imidazole rings is 1. The van der Waals surface area contributed by atoms with E-state index in [4.69, 9.17) is 34.7 Å². The molecule has 3 aromatic rings. The highest BCUT2D eigenvalue weighted by Crippen LogP contribution is 2.34. The van der Waals surface area contributed by atoms with E-state index in [1.54, 1.807) is 12.3 Å². The Kier molecular flexibility index (Phi) is 4.36. The monoisotopic (exact) mass is 334 g/mol. The van der Waals surface area contributed by atoms with Crippen molar-refractivity contribution in [1.29, 1.82) is 0 Å². The Labute approximate surface area is 138 Å². The van der Waals surface area contributed by atoms with Crippen LogP contribution >= 0.6 is 23.2 Å². The maximum atomic E-state index is 6.37. The lowest BCUT2D eigenvalue weighted by molar-refractivity contribution is 0.921. The maximum absolute atomic E-state index is 6.37. The van der Waals surface area contributed by atoms with Crippen molar-refractivity contribution in [3.63, 3.8) is 0 Å². The van der Waals surface area contributed by atoms with Crippen molar-refractivity contribution in [2.24, 2.45) is 11.5 Å². The average Bonchev–Trinajstić information content (AvgIpc) is 2.95. The summed E-state index contributed by atoms with van der Waals surface area (Å²) < 4.78 is 1.98. The normalized spacial score (nSPS) is 11.3. The Bertz CT molecular complexity index is 826. The standard InChI is InChI=1S/C16H16Cl2N4/c17-10-1-2-11(15(18)7-10)14-9-22-6-5-21-16(22)12(3-4-19)13(14)8-20/h1-2,5-7,9H,3-4,8,19-20H2. The first-order valence-electron chi connectivity index (χ1n) is 6.98. The molecule has 3 rings (SSSR count). The van der Waals surface area contributed by atoms with Crippen LogP contribution in [0.25, 0.3) is 16.8 Å². The highest BCUT2D eigenvalue weighted by atomic mass is 35.5. The van der Waals surface area contributed by atoms with Crippen molar-refractivity contribution in [3.8, 4) is 11.1 Å². The molecule has 0 saturated heterocycles. The van der Waals surface area contributed by atoms with Crippen molar-refractivity contribution in [2.75, 3.05) is 6.54 Å². The molecule has 0 aliphatic heterocycles. The smallest absolute Gasteiger partial charge is 0.140 e. The topological polar surface area (TPSA) is 69.3 Å². The van der Waals surface area contributed by atoms with Crippen molar-refractivity contribution in [3.05, 3.63) is 58.0 Å². The van der Waals surface area contributed by atoms with Gasteiger partial charge in [-0.25, -0.2) is 4.98 Å². The number of halogens is 2. The van der Waals surface area contributed by atoms with Gasteiger partial charge in [0.05, 0.1) is 0 Å². The SMILES string of the molecule is NCCc1c(CN)c(-c2ccc(Cl)cc2Cl)cn2ccnc12. The summed E-state index contributed by atoms with van der Waals surface area (Å²) in [4.78, 5) is 4.41. The number of hydrogen-bond donors (Lipinski definition) is 2. The van der Waals surface area contributed by atoms with Gasteiger partial charge in [-0.3, -0.25) is 0 Å². The second-order valence-electron chi connectivity index (χ2n) is 5.02. The first kappa shape index (κ1) is 15.3. The predicted octanol–water partition coefficient (Wildman–Crippen LogP) is 3.27. The number of rotatable bonds is 4. The zero-order valence-electron chi connectivity index (χ0n) is 11.9. The van der Waals surface area contributed by atoms with Crippen LogP contribution in [0.2, 0.25) is 10.0 Å². The van der Waals surface area contributed by atoms with Crippen molar-refractivity contribution in [1.82, 2.24) is 9.38 Å². The number of hydrogen-bond acceptors (Lipinski definition) is 3. The molecule has 2 aromatic heterocycles. The van der Waals surface area contributed by atoms with Crippen LogP contribution in [0.15, 0.2) is 36.8 Å². The third-order valence-corrected chi connectivity index (χ3v) is 4.26. The van der Waals surface area contributed by atoms with Crippen LogP contribution in [0.5, 0.6) is 0 Å². The Morgan fingerprint density at radius 1 is 1.09 bits per heavy atom. The molecule has 4 nitrogen and oxygen atoms in total. The summed E-state index contributed by atoms with van der Waals surface area (Å²) in [7, 11) is 0. The highest BCUT2D eigenvalue weighted by molar-refractivity contribution is 6.36. The fourth-order valence-corrected chi connectivity index (χ4v) is 3.26. The summed E-state index contributed by atoms with van der Waals surface area (Å²) in [5.41, 5.74) is 16.6. The van der Waals surface area contributed by atoms with Gasteiger partial charge in [-0.05, 0) is 30.7 Å². The van der Waals surface area contributed by atoms with Gasteiger partial charge in [0.2, 0.25) is 0 Å². The largest absolute Gasteiger partial charge is 0.330 e. The van der Waals surface area contributed by atoms with Gasteiger partial charge in [0.15, 0.2) is 0 Å². The number of fused-ring (bicyclic) bond motifs is 1. The Hall–Kier alpha value is -1.59. The molecule has 0 saturated carbocycles. The lowest BCUT2D eigenvalue weighted by Gasteiger charge is -2.16. The van der Waals surface area contributed by atoms with Crippen molar-refractivity contribution < 1.29 is 0 Å². The van der Waals surface area contributed by atoms with Gasteiger partial charge in [-0.15, -0.1) is 0 Å². The van der Waals surface area contributed by atoms with E-state index < -0.39 is 0 Å². The first-order chi connectivity index (χ1) is 10.7. The quantitative estimate of drug-likeness (QED) is 0.769. The Morgan fingerprint density at radius 2 is 1.91 bits per heavy atom. The summed E-state index contributed by atoms with van der Waals surface area (Å²) in [5, 5.41) is 1.20. The lowest BCUT2D eigenvalue weighted by atomic mass is 9.96. The molecular weight excluding hydrogens is 319 g/mol. The van der Waals surface area contributed by atoms with Gasteiger partial charge in [-0.1, -0.05) is 29.3 Å². The van der Waals surface area contributed by atoms with E-state index >= 15 is 0 Å². The van der Waals surface area contributed by atoms with Crippen LogP contribution in [0.4, 0.5) is 0 Å². The summed E-state index contributed by atoms with van der Waals surface area (Å²) in [6.07, 6.45) is 6.39. The third-order valence-electron chi connectivity index (χ3n) is 3.72. The second-order valence-corrected chi connectivity index (χ2v) is 5.87. The summed E-state index contributed by atoms with van der Waals surface area (Å²) >= 11 is 12.4. The predicted molar refractivity (Wildman–Crippen MR) is 91.3 cm³/mol.